The van der Waals surface area contributed by atoms with Crippen LogP contribution in [0.4, 0.5) is 4.39 Å². The summed E-state index contributed by atoms with van der Waals surface area (Å²) in [5.41, 5.74) is 9.94. The Labute approximate surface area is 192 Å². The molecule has 8 nitrogen and oxygen atoms in total. The quantitative estimate of drug-likeness (QED) is 0.233. The van der Waals surface area contributed by atoms with Crippen molar-refractivity contribution in [2.45, 2.75) is 44.4 Å². The number of hydrogen-bond donors (Lipinski definition) is 3. The van der Waals surface area contributed by atoms with Gasteiger partial charge in [0.05, 0.1) is 12.6 Å². The van der Waals surface area contributed by atoms with E-state index in [1.54, 1.807) is 0 Å². The van der Waals surface area contributed by atoms with E-state index < -0.39 is 36.6 Å². The Kier molecular flexibility index (Phi) is 7.87. The van der Waals surface area contributed by atoms with Crippen molar-refractivity contribution in [3.05, 3.63) is 71.3 Å². The zero-order valence-electron chi connectivity index (χ0n) is 18.7. The number of nitrogens with one attached hydrogen (secondary N) is 3. The number of benzene rings is 2. The van der Waals surface area contributed by atoms with E-state index in [1.165, 1.54) is 10.5 Å². The zero-order chi connectivity index (χ0) is 24.0. The minimum Gasteiger partial charge on any atom is -0.343 e. The van der Waals surface area contributed by atoms with Gasteiger partial charge < -0.3 is 10.2 Å². The predicted octanol–water partition coefficient (Wildman–Crippen LogP) is 3.81. The van der Waals surface area contributed by atoms with Crippen LogP contribution in [0.25, 0.3) is 0 Å². The van der Waals surface area contributed by atoms with Crippen LogP contribution in [-0.4, -0.2) is 53.4 Å². The second-order valence-corrected chi connectivity index (χ2v) is 8.40. The lowest BCUT2D eigenvalue weighted by molar-refractivity contribution is -0.139. The highest BCUT2D eigenvalue weighted by Gasteiger charge is 2.40. The van der Waals surface area contributed by atoms with E-state index >= 15 is 0 Å². The van der Waals surface area contributed by atoms with Crippen molar-refractivity contribution >= 4 is 18.2 Å². The monoisotopic (exact) mass is 452 g/mol. The number of carbonyl (C=O) groups is 2. The molecule has 174 valence electrons. The van der Waals surface area contributed by atoms with Gasteiger partial charge in [0, 0.05) is 6.42 Å². The first-order valence-electron chi connectivity index (χ1n) is 10.9. The van der Waals surface area contributed by atoms with Gasteiger partial charge in [-0.2, -0.15) is 5.53 Å². The number of halogens is 1. The minimum atomic E-state index is -1.33. The molecule has 3 rings (SSSR count). The van der Waals surface area contributed by atoms with Gasteiger partial charge in [0.2, 0.25) is 11.8 Å². The molecule has 1 saturated heterocycles. The highest BCUT2D eigenvalue weighted by Crippen LogP contribution is 2.27. The zero-order valence-corrected chi connectivity index (χ0v) is 18.7. The fourth-order valence-electron chi connectivity index (χ4n) is 3.96. The van der Waals surface area contributed by atoms with E-state index in [2.05, 4.69) is 24.4 Å². The molecule has 0 radical (unpaired) electrons. The van der Waals surface area contributed by atoms with Gasteiger partial charge in [-0.3, -0.25) is 15.0 Å². The van der Waals surface area contributed by atoms with Gasteiger partial charge in [-0.1, -0.05) is 73.7 Å². The summed E-state index contributed by atoms with van der Waals surface area (Å²) >= 11 is 0. The van der Waals surface area contributed by atoms with Crippen molar-refractivity contribution in [2.75, 3.05) is 13.1 Å². The number of nitrogens with zero attached hydrogens (tertiary/aromatic N) is 3. The third-order valence-corrected chi connectivity index (χ3v) is 5.80. The molecule has 0 unspecified atom stereocenters. The lowest BCUT2D eigenvalue weighted by atomic mass is 9.95. The molecular formula is C24H29FN6O2. The van der Waals surface area contributed by atoms with E-state index in [9.17, 15) is 14.0 Å². The fraction of sp³-hybridized carbons (Fsp3) is 0.375. The molecule has 9 heteroatoms. The molecule has 1 aliphatic heterocycles. The summed E-state index contributed by atoms with van der Waals surface area (Å²) in [6.45, 7) is 3.61. The average molecular weight is 453 g/mol. The molecule has 0 bridgehead atoms. The number of likely N-dealkylation sites (tertiary alicyclic amines) is 1. The maximum absolute atomic E-state index is 14.3. The van der Waals surface area contributed by atoms with Crippen LogP contribution in [0.2, 0.25) is 0 Å². The van der Waals surface area contributed by atoms with Crippen molar-refractivity contribution in [3.8, 4) is 0 Å². The molecule has 1 fully saturated rings. The van der Waals surface area contributed by atoms with Crippen LogP contribution in [-0.2, 0) is 9.59 Å². The van der Waals surface area contributed by atoms with Crippen molar-refractivity contribution in [2.24, 2.45) is 5.22 Å². The van der Waals surface area contributed by atoms with Crippen LogP contribution >= 0.6 is 0 Å². The Morgan fingerprint density at radius 1 is 1.15 bits per heavy atom. The molecule has 2 aromatic rings. The SMILES string of the molecule is CC(C)c1ccc([C@@H](NC(=O)[C@@H]2C[C@@H](F)CN2C(=O)CN(C=N)N=N)c2ccccc2)cc1. The van der Waals surface area contributed by atoms with Gasteiger partial charge in [0.1, 0.15) is 25.1 Å². The first-order chi connectivity index (χ1) is 15.8. The van der Waals surface area contributed by atoms with Crippen molar-refractivity contribution in [3.63, 3.8) is 0 Å². The van der Waals surface area contributed by atoms with Crippen LogP contribution in [0.3, 0.4) is 0 Å². The Balaban J connectivity index is 1.84. The van der Waals surface area contributed by atoms with Gasteiger partial charge in [-0.25, -0.2) is 9.40 Å². The van der Waals surface area contributed by atoms with Gasteiger partial charge >= 0.3 is 0 Å². The molecule has 0 saturated carbocycles. The van der Waals surface area contributed by atoms with Gasteiger partial charge in [0.15, 0.2) is 0 Å². The fourth-order valence-corrected chi connectivity index (χ4v) is 3.96. The summed E-state index contributed by atoms with van der Waals surface area (Å²) in [5.74, 6) is -0.638. The molecular weight excluding hydrogens is 423 g/mol. The van der Waals surface area contributed by atoms with Crippen LogP contribution in [0.15, 0.2) is 59.8 Å². The lowest BCUT2D eigenvalue weighted by Gasteiger charge is -2.27. The molecule has 2 amide bonds. The van der Waals surface area contributed by atoms with Crippen molar-refractivity contribution < 1.29 is 14.0 Å². The molecule has 0 aliphatic carbocycles. The highest BCUT2D eigenvalue weighted by molar-refractivity contribution is 5.90. The predicted molar refractivity (Wildman–Crippen MR) is 123 cm³/mol. The summed E-state index contributed by atoms with van der Waals surface area (Å²) in [6.07, 6.45) is -0.699. The molecule has 2 aromatic carbocycles. The standard InChI is InChI=1S/C24H29FN6O2/c1-16(2)17-8-10-19(11-9-17)23(18-6-4-3-5-7-18)28-24(33)21-12-20(25)13-31(21)22(32)14-30(15-26)29-27/h3-11,15-16,20-21,23,26-27H,12-14H2,1-2H3,(H,28,33)/t20-,21+,23+/m1/s1. The maximum atomic E-state index is 14.3. The Bertz CT molecular complexity index is 974. The molecule has 0 aromatic heterocycles. The number of rotatable bonds is 9. The Morgan fingerprint density at radius 2 is 1.76 bits per heavy atom. The van der Waals surface area contributed by atoms with Crippen molar-refractivity contribution in [1.82, 2.24) is 15.2 Å². The normalized spacial score (nSPS) is 18.6. The average Bonchev–Trinajstić information content (AvgIpc) is 3.23. The molecule has 0 spiro atoms. The number of hydrogen-bond acceptors (Lipinski definition) is 5. The number of amides is 2. The smallest absolute Gasteiger partial charge is 0.245 e. The first kappa shape index (κ1) is 24.0. The molecule has 1 heterocycles. The second-order valence-electron chi connectivity index (χ2n) is 8.40. The number of carbonyl (C=O) groups excluding carboxylic acids is 2. The molecule has 3 atom stereocenters. The summed E-state index contributed by atoms with van der Waals surface area (Å²) in [7, 11) is 0. The summed E-state index contributed by atoms with van der Waals surface area (Å²) < 4.78 is 14.3. The Hall–Kier alpha value is -3.62. The van der Waals surface area contributed by atoms with Crippen LogP contribution in [0.1, 0.15) is 48.9 Å². The lowest BCUT2D eigenvalue weighted by Crippen LogP contribution is -2.49. The third-order valence-electron chi connectivity index (χ3n) is 5.80. The topological polar surface area (TPSA) is 113 Å². The van der Waals surface area contributed by atoms with E-state index in [0.29, 0.717) is 5.92 Å². The molecule has 33 heavy (non-hydrogen) atoms. The van der Waals surface area contributed by atoms with Crippen LogP contribution < -0.4 is 5.32 Å². The van der Waals surface area contributed by atoms with Crippen molar-refractivity contribution in [1.29, 1.82) is 10.9 Å². The Morgan fingerprint density at radius 3 is 2.33 bits per heavy atom. The molecule has 3 N–H and O–H groups in total. The summed E-state index contributed by atoms with van der Waals surface area (Å²) in [4.78, 5) is 27.1. The third kappa shape index (κ3) is 5.79. The summed E-state index contributed by atoms with van der Waals surface area (Å²) in [6, 6.07) is 16.0. The highest BCUT2D eigenvalue weighted by atomic mass is 19.1. The minimum absolute atomic E-state index is 0.103. The van der Waals surface area contributed by atoms with Gasteiger partial charge in [-0.05, 0) is 22.6 Å². The second kappa shape index (κ2) is 10.8. The van der Waals surface area contributed by atoms with Crippen LogP contribution in [0.5, 0.6) is 0 Å². The summed E-state index contributed by atoms with van der Waals surface area (Å²) in [5, 5.41) is 14.1. The first-order valence-corrected chi connectivity index (χ1v) is 10.9. The van der Waals surface area contributed by atoms with E-state index in [1.807, 2.05) is 54.6 Å². The van der Waals surface area contributed by atoms with Gasteiger partial charge in [-0.15, -0.1) is 0 Å². The van der Waals surface area contributed by atoms with Crippen LogP contribution in [0, 0.1) is 10.9 Å². The van der Waals surface area contributed by atoms with Gasteiger partial charge in [0.25, 0.3) is 0 Å². The maximum Gasteiger partial charge on any atom is 0.245 e. The van der Waals surface area contributed by atoms with E-state index in [0.717, 1.165) is 22.5 Å². The van der Waals surface area contributed by atoms with E-state index in [4.69, 9.17) is 10.9 Å². The largest absolute Gasteiger partial charge is 0.343 e. The molecule has 1 aliphatic rings. The van der Waals surface area contributed by atoms with E-state index in [-0.39, 0.29) is 13.0 Å². The number of alkyl halides is 1.